The van der Waals surface area contributed by atoms with Crippen LogP contribution in [0.3, 0.4) is 0 Å². The normalized spacial score (nSPS) is 12.2. The van der Waals surface area contributed by atoms with Gasteiger partial charge < -0.3 is 5.11 Å². The lowest BCUT2D eigenvalue weighted by Gasteiger charge is -2.05. The first-order valence-corrected chi connectivity index (χ1v) is 9.88. The molecule has 4 heteroatoms. The molecule has 0 unspecified atom stereocenters. The first-order valence-electron chi connectivity index (χ1n) is 8.90. The van der Waals surface area contributed by atoms with Crippen LogP contribution in [-0.2, 0) is 0 Å². The van der Waals surface area contributed by atoms with E-state index in [0.717, 1.165) is 25.7 Å². The van der Waals surface area contributed by atoms with Crippen molar-refractivity contribution in [1.82, 2.24) is 0 Å². The third-order valence-corrected chi connectivity index (χ3v) is 4.95. The fourth-order valence-corrected chi connectivity index (χ4v) is 3.46. The molecule has 0 aliphatic heterocycles. The number of halogens is 1. The minimum atomic E-state index is -1.03. The van der Waals surface area contributed by atoms with Crippen molar-refractivity contribution in [1.29, 1.82) is 0 Å². The second-order valence-electron chi connectivity index (χ2n) is 6.72. The van der Waals surface area contributed by atoms with Gasteiger partial charge in [0.25, 0.3) is 0 Å². The van der Waals surface area contributed by atoms with Crippen LogP contribution in [0.25, 0.3) is 0 Å². The van der Waals surface area contributed by atoms with Gasteiger partial charge in [0.05, 0.1) is 5.56 Å². The number of carboxylic acid groups (broad SMARTS) is 1. The Balaban J connectivity index is 2.46. The van der Waals surface area contributed by atoms with Crippen LogP contribution >= 0.6 is 11.8 Å². The van der Waals surface area contributed by atoms with Gasteiger partial charge in [-0.15, -0.1) is 11.8 Å². The Labute approximate surface area is 160 Å². The highest BCUT2D eigenvalue weighted by atomic mass is 32.2. The van der Waals surface area contributed by atoms with Gasteiger partial charge in [-0.1, -0.05) is 34.9 Å². The molecule has 0 amide bonds. The van der Waals surface area contributed by atoms with E-state index in [0.29, 0.717) is 10.6 Å². The molecule has 0 aliphatic carbocycles. The van der Waals surface area contributed by atoms with E-state index in [2.05, 4.69) is 45.9 Å². The molecule has 0 spiro atoms. The summed E-state index contributed by atoms with van der Waals surface area (Å²) in [6.45, 7) is 8.49. The van der Waals surface area contributed by atoms with E-state index in [1.165, 1.54) is 46.7 Å². The Hall–Kier alpha value is -1.81. The van der Waals surface area contributed by atoms with Gasteiger partial charge in [-0.2, -0.15) is 0 Å². The molecule has 0 heterocycles. The van der Waals surface area contributed by atoms with Crippen LogP contribution in [0.2, 0.25) is 0 Å². The van der Waals surface area contributed by atoms with Gasteiger partial charge >= 0.3 is 5.97 Å². The second-order valence-corrected chi connectivity index (χ2v) is 7.78. The molecule has 142 valence electrons. The lowest BCUT2D eigenvalue weighted by Crippen LogP contribution is -1.99. The summed E-state index contributed by atoms with van der Waals surface area (Å²) in [6.07, 6.45) is 10.8. The summed E-state index contributed by atoms with van der Waals surface area (Å²) < 4.78 is 13.3. The summed E-state index contributed by atoms with van der Waals surface area (Å²) in [7, 11) is 0. The zero-order valence-electron chi connectivity index (χ0n) is 16.1. The Kier molecular flexibility index (Phi) is 10.0. The van der Waals surface area contributed by atoms with Crippen molar-refractivity contribution in [2.45, 2.75) is 58.3 Å². The zero-order valence-corrected chi connectivity index (χ0v) is 17.0. The lowest BCUT2D eigenvalue weighted by molar-refractivity contribution is 0.0693. The molecule has 1 aromatic rings. The summed E-state index contributed by atoms with van der Waals surface area (Å²) >= 11 is 1.35. The first kappa shape index (κ1) is 22.2. The third kappa shape index (κ3) is 9.04. The number of aromatic carboxylic acids is 1. The molecule has 1 N–H and O–H groups in total. The molecule has 0 radical (unpaired) electrons. The molecule has 26 heavy (non-hydrogen) atoms. The van der Waals surface area contributed by atoms with Crippen molar-refractivity contribution in [3.05, 3.63) is 64.5 Å². The van der Waals surface area contributed by atoms with E-state index < -0.39 is 11.8 Å². The lowest BCUT2D eigenvalue weighted by atomic mass is 10.1. The summed E-state index contributed by atoms with van der Waals surface area (Å²) in [6, 6.07) is 3.79. The average molecular weight is 377 g/mol. The van der Waals surface area contributed by atoms with E-state index in [1.807, 2.05) is 0 Å². The fraction of sp³-hybridized carbons (Fsp3) is 0.409. The largest absolute Gasteiger partial charge is 0.478 e. The van der Waals surface area contributed by atoms with Crippen molar-refractivity contribution in [3.63, 3.8) is 0 Å². The van der Waals surface area contributed by atoms with E-state index >= 15 is 0 Å². The third-order valence-electron chi connectivity index (χ3n) is 3.97. The van der Waals surface area contributed by atoms with Gasteiger partial charge in [0.1, 0.15) is 5.82 Å². The standard InChI is InChI=1S/C22H29FO2S/c1-16(2)7-5-8-17(3)9-6-10-18(4)13-14-26-21-15-19(23)11-12-20(21)22(24)25/h7,9,11-13,15H,5-6,8,10,14H2,1-4H3,(H,24,25)/b17-9+,18-13+. The number of benzene rings is 1. The SMILES string of the molecule is CC(C)=CCC/C(C)=C/CC/C(C)=C/CSc1cc(F)ccc1C(=O)O. The highest BCUT2D eigenvalue weighted by Crippen LogP contribution is 2.25. The van der Waals surface area contributed by atoms with Crippen LogP contribution in [0.4, 0.5) is 4.39 Å². The van der Waals surface area contributed by atoms with Crippen molar-refractivity contribution in [2.24, 2.45) is 0 Å². The van der Waals surface area contributed by atoms with Gasteiger partial charge in [-0.3, -0.25) is 0 Å². The number of carboxylic acids is 1. The van der Waals surface area contributed by atoms with Crippen molar-refractivity contribution in [3.8, 4) is 0 Å². The van der Waals surface area contributed by atoms with Crippen LogP contribution < -0.4 is 0 Å². The number of thioether (sulfide) groups is 1. The average Bonchev–Trinajstić information content (AvgIpc) is 2.54. The van der Waals surface area contributed by atoms with Crippen LogP contribution in [-0.4, -0.2) is 16.8 Å². The van der Waals surface area contributed by atoms with Gasteiger partial charge in [0.15, 0.2) is 0 Å². The summed E-state index contributed by atoms with van der Waals surface area (Å²) in [5, 5.41) is 9.16. The summed E-state index contributed by atoms with van der Waals surface area (Å²) in [5.41, 5.74) is 4.19. The van der Waals surface area contributed by atoms with E-state index in [1.54, 1.807) is 0 Å². The number of hydrogen-bond donors (Lipinski definition) is 1. The molecule has 2 nitrogen and oxygen atoms in total. The quantitative estimate of drug-likeness (QED) is 0.351. The second kappa shape index (κ2) is 11.7. The number of allylic oxidation sites excluding steroid dienone is 5. The molecule has 0 atom stereocenters. The van der Waals surface area contributed by atoms with E-state index in [4.69, 9.17) is 5.11 Å². The minimum Gasteiger partial charge on any atom is -0.478 e. The van der Waals surface area contributed by atoms with Crippen LogP contribution in [0.15, 0.2) is 58.0 Å². The Morgan fingerprint density at radius 1 is 1.04 bits per heavy atom. The Morgan fingerprint density at radius 2 is 1.65 bits per heavy atom. The topological polar surface area (TPSA) is 37.3 Å². The van der Waals surface area contributed by atoms with E-state index in [9.17, 15) is 9.18 Å². The van der Waals surface area contributed by atoms with Gasteiger partial charge in [-0.05, 0) is 71.6 Å². The monoisotopic (exact) mass is 376 g/mol. The zero-order chi connectivity index (χ0) is 19.5. The molecule has 0 saturated heterocycles. The fourth-order valence-electron chi connectivity index (χ4n) is 2.40. The minimum absolute atomic E-state index is 0.150. The highest BCUT2D eigenvalue weighted by molar-refractivity contribution is 7.99. The van der Waals surface area contributed by atoms with Crippen LogP contribution in [0.5, 0.6) is 0 Å². The van der Waals surface area contributed by atoms with Crippen molar-refractivity contribution < 1.29 is 14.3 Å². The summed E-state index contributed by atoms with van der Waals surface area (Å²) in [5.74, 6) is -0.799. The predicted molar refractivity (Wildman–Crippen MR) is 109 cm³/mol. The number of hydrogen-bond acceptors (Lipinski definition) is 2. The van der Waals surface area contributed by atoms with Gasteiger partial charge in [-0.25, -0.2) is 9.18 Å². The molecule has 0 saturated carbocycles. The summed E-state index contributed by atoms with van der Waals surface area (Å²) in [4.78, 5) is 11.7. The molecule has 1 rings (SSSR count). The molecule has 1 aromatic carbocycles. The molecular formula is C22H29FO2S. The van der Waals surface area contributed by atoms with Crippen LogP contribution in [0.1, 0.15) is 63.7 Å². The molecule has 0 bridgehead atoms. The maximum atomic E-state index is 13.3. The van der Waals surface area contributed by atoms with E-state index in [-0.39, 0.29) is 5.56 Å². The van der Waals surface area contributed by atoms with Gasteiger partial charge in [0, 0.05) is 10.6 Å². The molecule has 0 fully saturated rings. The Morgan fingerprint density at radius 3 is 2.27 bits per heavy atom. The highest BCUT2D eigenvalue weighted by Gasteiger charge is 2.10. The Bertz CT molecular complexity index is 698. The number of carbonyl (C=O) groups is 1. The van der Waals surface area contributed by atoms with Crippen molar-refractivity contribution >= 4 is 17.7 Å². The molecule has 0 aromatic heterocycles. The molecule has 0 aliphatic rings. The van der Waals surface area contributed by atoms with Crippen LogP contribution in [0, 0.1) is 5.82 Å². The molecular weight excluding hydrogens is 347 g/mol. The number of rotatable bonds is 10. The maximum absolute atomic E-state index is 13.3. The first-order chi connectivity index (χ1) is 12.3. The predicted octanol–water partition coefficient (Wildman–Crippen LogP) is 7.04. The van der Waals surface area contributed by atoms with Gasteiger partial charge in [0.2, 0.25) is 0 Å². The maximum Gasteiger partial charge on any atom is 0.336 e. The van der Waals surface area contributed by atoms with Crippen molar-refractivity contribution in [2.75, 3.05) is 5.75 Å². The smallest absolute Gasteiger partial charge is 0.336 e.